The Kier molecular flexibility index (Phi) is 7.42. The summed E-state index contributed by atoms with van der Waals surface area (Å²) in [7, 11) is 3.63. The molecule has 144 valence electrons. The summed E-state index contributed by atoms with van der Waals surface area (Å²) < 4.78 is 13.3. The maximum Gasteiger partial charge on any atom is 0.230 e. The fourth-order valence-electron chi connectivity index (χ4n) is 3.56. The third kappa shape index (κ3) is 5.44. The summed E-state index contributed by atoms with van der Waals surface area (Å²) in [6, 6.07) is 6.64. The van der Waals surface area contributed by atoms with Crippen LogP contribution in [0.25, 0.3) is 0 Å². The molecule has 2 N–H and O–H groups in total. The maximum atomic E-state index is 13.3. The van der Waals surface area contributed by atoms with Gasteiger partial charge in [0.2, 0.25) is 5.91 Å². The van der Waals surface area contributed by atoms with Crippen LogP contribution in [0.3, 0.4) is 0 Å². The lowest BCUT2D eigenvalue weighted by Crippen LogP contribution is -2.43. The number of nitrogens with zero attached hydrogens (tertiary/aromatic N) is 2. The first-order chi connectivity index (χ1) is 12.5. The van der Waals surface area contributed by atoms with Crippen molar-refractivity contribution >= 4 is 11.9 Å². The third-order valence-corrected chi connectivity index (χ3v) is 4.90. The van der Waals surface area contributed by atoms with Gasteiger partial charge < -0.3 is 15.5 Å². The van der Waals surface area contributed by atoms with E-state index >= 15 is 0 Å². The summed E-state index contributed by atoms with van der Waals surface area (Å²) in [5, 5.41) is 6.52. The molecule has 1 aromatic rings. The molecule has 1 saturated carbocycles. The van der Waals surface area contributed by atoms with Crippen LogP contribution < -0.4 is 10.6 Å². The van der Waals surface area contributed by atoms with Gasteiger partial charge in [-0.3, -0.25) is 9.79 Å². The minimum atomic E-state index is -0.367. The van der Waals surface area contributed by atoms with Crippen LogP contribution in [-0.2, 0) is 11.2 Å². The highest BCUT2D eigenvalue weighted by molar-refractivity contribution is 5.84. The molecular weight excluding hydrogens is 331 g/mol. The van der Waals surface area contributed by atoms with E-state index in [0.717, 1.165) is 37.8 Å². The highest BCUT2D eigenvalue weighted by Gasteiger charge is 2.41. The second kappa shape index (κ2) is 9.55. The number of rotatable bonds is 7. The van der Waals surface area contributed by atoms with Crippen molar-refractivity contribution < 1.29 is 9.18 Å². The average molecular weight is 362 g/mol. The van der Waals surface area contributed by atoms with Crippen LogP contribution in [0.1, 0.15) is 38.2 Å². The Balaban J connectivity index is 1.97. The Morgan fingerprint density at radius 3 is 2.62 bits per heavy atom. The van der Waals surface area contributed by atoms with Crippen molar-refractivity contribution in [2.45, 2.75) is 39.0 Å². The Morgan fingerprint density at radius 2 is 2.00 bits per heavy atom. The van der Waals surface area contributed by atoms with E-state index < -0.39 is 0 Å². The van der Waals surface area contributed by atoms with Crippen LogP contribution in [0.15, 0.2) is 29.3 Å². The molecule has 1 fully saturated rings. The minimum absolute atomic E-state index is 0.175. The van der Waals surface area contributed by atoms with Crippen LogP contribution in [0.5, 0.6) is 0 Å². The number of hydrogen-bond acceptors (Lipinski definition) is 2. The van der Waals surface area contributed by atoms with Gasteiger partial charge in [-0.25, -0.2) is 4.39 Å². The molecule has 0 bridgehead atoms. The third-order valence-electron chi connectivity index (χ3n) is 4.90. The zero-order valence-electron chi connectivity index (χ0n) is 16.1. The van der Waals surface area contributed by atoms with E-state index in [0.29, 0.717) is 25.5 Å². The van der Waals surface area contributed by atoms with Crippen LogP contribution in [-0.4, -0.2) is 50.5 Å². The fraction of sp³-hybridized carbons (Fsp3) is 0.600. The van der Waals surface area contributed by atoms with Crippen LogP contribution in [0, 0.1) is 11.2 Å². The molecule has 26 heavy (non-hydrogen) atoms. The van der Waals surface area contributed by atoms with Gasteiger partial charge in [-0.15, -0.1) is 0 Å². The predicted molar refractivity (Wildman–Crippen MR) is 104 cm³/mol. The highest BCUT2D eigenvalue weighted by Crippen LogP contribution is 2.39. The van der Waals surface area contributed by atoms with Crippen LogP contribution >= 0.6 is 0 Å². The van der Waals surface area contributed by atoms with E-state index in [1.165, 1.54) is 6.07 Å². The number of amides is 1. The Labute approximate surface area is 156 Å². The van der Waals surface area contributed by atoms with Gasteiger partial charge in [-0.05, 0) is 43.9 Å². The number of carbonyl (C=O) groups is 1. The van der Waals surface area contributed by atoms with Crippen molar-refractivity contribution in [3.05, 3.63) is 35.6 Å². The highest BCUT2D eigenvalue weighted by atomic mass is 19.1. The summed E-state index contributed by atoms with van der Waals surface area (Å²) in [5.74, 6) is 0.671. The first-order valence-electron chi connectivity index (χ1n) is 9.45. The van der Waals surface area contributed by atoms with Gasteiger partial charge in [0.25, 0.3) is 0 Å². The molecule has 1 aliphatic carbocycles. The predicted octanol–water partition coefficient (Wildman–Crippen LogP) is 2.57. The monoisotopic (exact) mass is 362 g/mol. The van der Waals surface area contributed by atoms with Crippen molar-refractivity contribution in [2.75, 3.05) is 33.7 Å². The number of nitrogens with one attached hydrogen (secondary N) is 2. The summed E-state index contributed by atoms with van der Waals surface area (Å²) in [6.45, 7) is 3.92. The lowest BCUT2D eigenvalue weighted by atomic mass is 9.85. The van der Waals surface area contributed by atoms with Gasteiger partial charge in [0, 0.05) is 27.2 Å². The molecule has 0 aromatic heterocycles. The molecule has 0 unspecified atom stereocenters. The molecule has 1 aromatic carbocycles. The van der Waals surface area contributed by atoms with Crippen LogP contribution in [0.4, 0.5) is 4.39 Å². The molecule has 0 aliphatic heterocycles. The van der Waals surface area contributed by atoms with Gasteiger partial charge in [-0.2, -0.15) is 0 Å². The molecule has 2 rings (SSSR count). The largest absolute Gasteiger partial charge is 0.357 e. The quantitative estimate of drug-likeness (QED) is 0.579. The second-order valence-electron chi connectivity index (χ2n) is 7.19. The van der Waals surface area contributed by atoms with E-state index in [-0.39, 0.29) is 17.1 Å². The topological polar surface area (TPSA) is 56.7 Å². The van der Waals surface area contributed by atoms with Crippen molar-refractivity contribution in [3.63, 3.8) is 0 Å². The molecule has 0 radical (unpaired) electrons. The number of guanidine groups is 1. The van der Waals surface area contributed by atoms with Crippen molar-refractivity contribution in [3.8, 4) is 0 Å². The zero-order chi connectivity index (χ0) is 19.0. The Hall–Kier alpha value is -2.11. The number of benzene rings is 1. The standard InChI is InChI=1S/C20H31FN4O/c1-4-22-19(23-13-10-16-8-7-9-17(21)14-16)24-15-20(11-5-6-12-20)18(26)25(2)3/h7-9,14H,4-6,10-13,15H2,1-3H3,(H2,22,23,24). The van der Waals surface area contributed by atoms with Crippen molar-refractivity contribution in [2.24, 2.45) is 10.4 Å². The summed E-state index contributed by atoms with van der Waals surface area (Å²) >= 11 is 0. The molecule has 6 heteroatoms. The summed E-state index contributed by atoms with van der Waals surface area (Å²) in [6.07, 6.45) is 4.67. The number of hydrogen-bond donors (Lipinski definition) is 2. The molecule has 5 nitrogen and oxygen atoms in total. The normalized spacial score (nSPS) is 16.4. The van der Waals surface area contributed by atoms with Gasteiger partial charge in [-0.1, -0.05) is 25.0 Å². The Bertz CT molecular complexity index is 624. The lowest BCUT2D eigenvalue weighted by Gasteiger charge is -2.29. The lowest BCUT2D eigenvalue weighted by molar-refractivity contribution is -0.138. The maximum absolute atomic E-state index is 13.3. The fourth-order valence-corrected chi connectivity index (χ4v) is 3.56. The van der Waals surface area contributed by atoms with E-state index in [9.17, 15) is 9.18 Å². The summed E-state index contributed by atoms with van der Waals surface area (Å²) in [5.41, 5.74) is 0.581. The minimum Gasteiger partial charge on any atom is -0.357 e. The van der Waals surface area contributed by atoms with E-state index in [4.69, 9.17) is 4.99 Å². The van der Waals surface area contributed by atoms with Gasteiger partial charge in [0.1, 0.15) is 5.82 Å². The average Bonchev–Trinajstić information content (AvgIpc) is 3.09. The van der Waals surface area contributed by atoms with Gasteiger partial charge in [0.15, 0.2) is 5.96 Å². The van der Waals surface area contributed by atoms with Crippen molar-refractivity contribution in [1.29, 1.82) is 0 Å². The smallest absolute Gasteiger partial charge is 0.230 e. The van der Waals surface area contributed by atoms with Gasteiger partial charge >= 0.3 is 0 Å². The SMILES string of the molecule is CCNC(=NCC1(C(=O)N(C)C)CCCC1)NCCc1cccc(F)c1. The molecule has 1 aliphatic rings. The van der Waals surface area contributed by atoms with Crippen molar-refractivity contribution in [1.82, 2.24) is 15.5 Å². The zero-order valence-corrected chi connectivity index (χ0v) is 16.1. The molecule has 0 saturated heterocycles. The Morgan fingerprint density at radius 1 is 1.27 bits per heavy atom. The number of halogens is 1. The summed E-state index contributed by atoms with van der Waals surface area (Å²) in [4.78, 5) is 19.0. The van der Waals surface area contributed by atoms with Gasteiger partial charge in [0.05, 0.1) is 12.0 Å². The second-order valence-corrected chi connectivity index (χ2v) is 7.19. The number of aliphatic imine (C=N–C) groups is 1. The number of carbonyl (C=O) groups excluding carboxylic acids is 1. The van der Waals surface area contributed by atoms with Crippen LogP contribution in [0.2, 0.25) is 0 Å². The molecule has 0 atom stereocenters. The molecule has 0 heterocycles. The molecular formula is C20H31FN4O. The molecule has 0 spiro atoms. The van der Waals surface area contributed by atoms with E-state index in [1.807, 2.05) is 27.1 Å². The first kappa shape index (κ1) is 20.2. The van der Waals surface area contributed by atoms with E-state index in [1.54, 1.807) is 17.0 Å². The molecule has 1 amide bonds. The first-order valence-corrected chi connectivity index (χ1v) is 9.45. The van der Waals surface area contributed by atoms with E-state index in [2.05, 4.69) is 10.6 Å².